The molecule has 1 aliphatic rings. The average Bonchev–Trinajstić information content (AvgIpc) is 3.27. The molecule has 36 heavy (non-hydrogen) atoms. The van der Waals surface area contributed by atoms with Gasteiger partial charge in [0.05, 0.1) is 47.6 Å². The molecule has 0 aliphatic carbocycles. The number of halogens is 1. The molecule has 3 aromatic heterocycles. The molecule has 1 amide bonds. The second-order valence-electron chi connectivity index (χ2n) is 8.52. The number of nitrogens with zero attached hydrogens (tertiary/aromatic N) is 2. The van der Waals surface area contributed by atoms with Crippen molar-refractivity contribution in [3.8, 4) is 22.8 Å². The summed E-state index contributed by atoms with van der Waals surface area (Å²) in [5, 5.41) is 6.80. The van der Waals surface area contributed by atoms with Crippen LogP contribution >= 0.6 is 11.6 Å². The number of hydrogen-bond donors (Lipinski definition) is 3. The molecule has 0 radical (unpaired) electrons. The lowest BCUT2D eigenvalue weighted by Gasteiger charge is -2.18. The number of H-pyrrole nitrogens is 1. The van der Waals surface area contributed by atoms with Crippen LogP contribution in [-0.4, -0.2) is 41.1 Å². The van der Waals surface area contributed by atoms with Gasteiger partial charge in [-0.1, -0.05) is 30.7 Å². The van der Waals surface area contributed by atoms with Gasteiger partial charge in [0.1, 0.15) is 5.75 Å². The maximum absolute atomic E-state index is 12.9. The number of para-hydroxylation sites is 1. The fourth-order valence-corrected chi connectivity index (χ4v) is 4.58. The highest BCUT2D eigenvalue weighted by molar-refractivity contribution is 6.32. The first-order valence-electron chi connectivity index (χ1n) is 11.7. The molecule has 1 aromatic carbocycles. The van der Waals surface area contributed by atoms with E-state index in [4.69, 9.17) is 21.1 Å². The molecule has 1 unspecified atom stereocenters. The maximum atomic E-state index is 12.9. The van der Waals surface area contributed by atoms with Crippen LogP contribution in [0.25, 0.3) is 11.3 Å². The first kappa shape index (κ1) is 23.7. The molecule has 184 valence electrons. The van der Waals surface area contributed by atoms with E-state index in [2.05, 4.69) is 32.5 Å². The number of rotatable bonds is 8. The molecule has 9 heteroatoms. The van der Waals surface area contributed by atoms with Crippen LogP contribution in [0.1, 0.15) is 34.6 Å². The van der Waals surface area contributed by atoms with Crippen LogP contribution in [0.2, 0.25) is 5.02 Å². The van der Waals surface area contributed by atoms with E-state index in [1.807, 2.05) is 36.4 Å². The van der Waals surface area contributed by atoms with Crippen LogP contribution in [0.3, 0.4) is 0 Å². The molecule has 0 bridgehead atoms. The summed E-state index contributed by atoms with van der Waals surface area (Å²) in [7, 11) is 1.56. The monoisotopic (exact) mass is 503 g/mol. The van der Waals surface area contributed by atoms with Crippen LogP contribution in [0.4, 0.5) is 11.4 Å². The topological polar surface area (TPSA) is 101 Å². The minimum absolute atomic E-state index is 0.0789. The number of fused-ring (bicyclic) bond motifs is 1. The number of carbonyl (C=O) groups is 1. The van der Waals surface area contributed by atoms with E-state index < -0.39 is 0 Å². The van der Waals surface area contributed by atoms with E-state index in [0.29, 0.717) is 53.0 Å². The van der Waals surface area contributed by atoms with Gasteiger partial charge in [-0.05, 0) is 30.3 Å². The standard InChI is InChI=1S/C27H26ClN5O3/c1-16(19-7-3-4-11-30-19)15-36-22-14-29-12-9-17(22)24-25(23-20(32-24)10-13-31-27(23)34)33-21-8-5-6-18(28)26(21)35-2/h3-9,11-12,14,16,32-33H,10,13,15H2,1-2H3,(H,31,34). The smallest absolute Gasteiger partial charge is 0.255 e. The summed E-state index contributed by atoms with van der Waals surface area (Å²) < 4.78 is 11.8. The molecule has 0 fully saturated rings. The number of aromatic nitrogens is 3. The number of hydrogen-bond acceptors (Lipinski definition) is 6. The number of methoxy groups -OCH3 is 1. The minimum atomic E-state index is -0.150. The van der Waals surface area contributed by atoms with E-state index in [0.717, 1.165) is 22.6 Å². The summed E-state index contributed by atoms with van der Waals surface area (Å²) >= 11 is 6.36. The Morgan fingerprint density at radius 3 is 2.86 bits per heavy atom. The van der Waals surface area contributed by atoms with Gasteiger partial charge >= 0.3 is 0 Å². The summed E-state index contributed by atoms with van der Waals surface area (Å²) in [6.45, 7) is 3.04. The van der Waals surface area contributed by atoms with Crippen LogP contribution in [0.5, 0.6) is 11.5 Å². The number of benzene rings is 1. The van der Waals surface area contributed by atoms with E-state index in [1.165, 1.54) is 0 Å². The average molecular weight is 504 g/mol. The van der Waals surface area contributed by atoms with Crippen LogP contribution in [0.15, 0.2) is 61.1 Å². The zero-order valence-electron chi connectivity index (χ0n) is 20.0. The van der Waals surface area contributed by atoms with Gasteiger partial charge in [-0.2, -0.15) is 0 Å². The van der Waals surface area contributed by atoms with Gasteiger partial charge in [0.25, 0.3) is 5.91 Å². The predicted octanol–water partition coefficient (Wildman–Crippen LogP) is 5.35. The van der Waals surface area contributed by atoms with Crippen LogP contribution < -0.4 is 20.1 Å². The zero-order valence-corrected chi connectivity index (χ0v) is 20.7. The number of ether oxygens (including phenoxy) is 2. The van der Waals surface area contributed by atoms with Gasteiger partial charge in [-0.25, -0.2) is 0 Å². The number of anilines is 2. The number of nitrogens with one attached hydrogen (secondary N) is 3. The molecule has 0 saturated heterocycles. The van der Waals surface area contributed by atoms with Crippen molar-refractivity contribution in [3.63, 3.8) is 0 Å². The number of carbonyl (C=O) groups excluding carboxylic acids is 1. The van der Waals surface area contributed by atoms with Crippen LogP contribution in [-0.2, 0) is 6.42 Å². The van der Waals surface area contributed by atoms with Gasteiger partial charge in [0.15, 0.2) is 5.75 Å². The molecule has 3 N–H and O–H groups in total. The molecule has 1 atom stereocenters. The molecule has 8 nitrogen and oxygen atoms in total. The molecule has 0 saturated carbocycles. The second-order valence-corrected chi connectivity index (χ2v) is 8.93. The van der Waals surface area contributed by atoms with Crippen molar-refractivity contribution in [2.24, 2.45) is 0 Å². The van der Waals surface area contributed by atoms with Crippen molar-refractivity contribution >= 4 is 28.9 Å². The summed E-state index contributed by atoms with van der Waals surface area (Å²) in [6.07, 6.45) is 5.84. The summed E-state index contributed by atoms with van der Waals surface area (Å²) in [4.78, 5) is 25.1. The third kappa shape index (κ3) is 4.59. The third-order valence-electron chi connectivity index (χ3n) is 6.13. The van der Waals surface area contributed by atoms with Crippen molar-refractivity contribution in [2.75, 3.05) is 25.6 Å². The Morgan fingerprint density at radius 1 is 1.17 bits per heavy atom. The van der Waals surface area contributed by atoms with Crippen molar-refractivity contribution < 1.29 is 14.3 Å². The Labute approximate surface area is 214 Å². The van der Waals surface area contributed by atoms with Gasteiger partial charge in [-0.3, -0.25) is 14.8 Å². The molecular weight excluding hydrogens is 478 g/mol. The first-order valence-corrected chi connectivity index (χ1v) is 12.0. The first-order chi connectivity index (χ1) is 17.6. The van der Waals surface area contributed by atoms with E-state index >= 15 is 0 Å². The third-order valence-corrected chi connectivity index (χ3v) is 6.43. The lowest BCUT2D eigenvalue weighted by atomic mass is 10.0. The predicted molar refractivity (Wildman–Crippen MR) is 139 cm³/mol. The molecule has 1 aliphatic heterocycles. The number of aromatic amines is 1. The maximum Gasteiger partial charge on any atom is 0.255 e. The fourth-order valence-electron chi connectivity index (χ4n) is 4.32. The Hall–Kier alpha value is -4.04. The summed E-state index contributed by atoms with van der Waals surface area (Å²) in [6, 6.07) is 13.1. The lowest BCUT2D eigenvalue weighted by molar-refractivity contribution is 0.0947. The molecule has 4 aromatic rings. The Bertz CT molecular complexity index is 1390. The van der Waals surface area contributed by atoms with Gasteiger partial charge < -0.3 is 25.1 Å². The van der Waals surface area contributed by atoms with Crippen LogP contribution in [0, 0.1) is 0 Å². The van der Waals surface area contributed by atoms with Crippen molar-refractivity contribution in [1.29, 1.82) is 0 Å². The van der Waals surface area contributed by atoms with E-state index in [-0.39, 0.29) is 11.8 Å². The SMILES string of the molecule is COc1c(Cl)cccc1Nc1c(-c2ccncc2OCC(C)c2ccccn2)[nH]c2c1C(=O)NCC2. The molecule has 5 rings (SSSR count). The Balaban J connectivity index is 1.55. The number of pyridine rings is 2. The minimum Gasteiger partial charge on any atom is -0.493 e. The normalized spacial score (nSPS) is 13.5. The lowest BCUT2D eigenvalue weighted by Crippen LogP contribution is -2.31. The molecular formula is C27H26ClN5O3. The Morgan fingerprint density at radius 2 is 2.06 bits per heavy atom. The highest BCUT2D eigenvalue weighted by Crippen LogP contribution is 2.43. The zero-order chi connectivity index (χ0) is 25.1. The molecule has 0 spiro atoms. The van der Waals surface area contributed by atoms with Crippen molar-refractivity contribution in [2.45, 2.75) is 19.3 Å². The van der Waals surface area contributed by atoms with Gasteiger partial charge in [0, 0.05) is 48.2 Å². The van der Waals surface area contributed by atoms with E-state index in [9.17, 15) is 4.79 Å². The number of amides is 1. The largest absolute Gasteiger partial charge is 0.493 e. The van der Waals surface area contributed by atoms with Gasteiger partial charge in [0.2, 0.25) is 0 Å². The highest BCUT2D eigenvalue weighted by Gasteiger charge is 2.29. The molecule has 4 heterocycles. The quantitative estimate of drug-likeness (QED) is 0.300. The summed E-state index contributed by atoms with van der Waals surface area (Å²) in [5.41, 5.74) is 5.13. The fraction of sp³-hybridized carbons (Fsp3) is 0.222. The second kappa shape index (κ2) is 10.3. The van der Waals surface area contributed by atoms with Crippen molar-refractivity contribution in [1.82, 2.24) is 20.3 Å². The highest BCUT2D eigenvalue weighted by atomic mass is 35.5. The van der Waals surface area contributed by atoms with Gasteiger partial charge in [-0.15, -0.1) is 0 Å². The summed E-state index contributed by atoms with van der Waals surface area (Å²) in [5.74, 6) is 1.02. The van der Waals surface area contributed by atoms with Crippen molar-refractivity contribution in [3.05, 3.63) is 83.0 Å². The Kier molecular flexibility index (Phi) is 6.77. The van der Waals surface area contributed by atoms with E-state index in [1.54, 1.807) is 31.8 Å².